The molecule has 3 N–H and O–H groups in total. The van der Waals surface area contributed by atoms with Crippen LogP contribution in [0.3, 0.4) is 0 Å². The van der Waals surface area contributed by atoms with Crippen LogP contribution >= 0.6 is 0 Å². The van der Waals surface area contributed by atoms with Gasteiger partial charge in [0.05, 0.1) is 0 Å². The molecule has 0 radical (unpaired) electrons. The number of nitrogens with one attached hydrogen (secondary N) is 1. The predicted molar refractivity (Wildman–Crippen MR) is 83.7 cm³/mol. The van der Waals surface area contributed by atoms with Gasteiger partial charge in [-0.2, -0.15) is 0 Å². The fraction of sp³-hybridized carbons (Fsp3) is 0.562. The fourth-order valence-electron chi connectivity index (χ4n) is 2.77. The van der Waals surface area contributed by atoms with Crippen molar-refractivity contribution in [2.24, 2.45) is 5.41 Å². The maximum atomic E-state index is 12.3. The molecule has 0 aliphatic heterocycles. The van der Waals surface area contributed by atoms with Crippen molar-refractivity contribution in [1.82, 2.24) is 4.90 Å². The first-order valence-corrected chi connectivity index (χ1v) is 7.27. The maximum absolute atomic E-state index is 12.3. The Labute approximate surface area is 121 Å². The van der Waals surface area contributed by atoms with Crippen LogP contribution in [0.15, 0.2) is 24.3 Å². The summed E-state index contributed by atoms with van der Waals surface area (Å²) in [5.41, 5.74) is 7.54. The van der Waals surface area contributed by atoms with E-state index in [1.807, 2.05) is 30.1 Å². The van der Waals surface area contributed by atoms with Crippen LogP contribution in [0, 0.1) is 5.41 Å². The summed E-state index contributed by atoms with van der Waals surface area (Å²) in [6.45, 7) is 4.60. The van der Waals surface area contributed by atoms with Crippen molar-refractivity contribution >= 4 is 17.4 Å². The summed E-state index contributed by atoms with van der Waals surface area (Å²) in [5.74, 6) is 0. The molecule has 2 amide bonds. The van der Waals surface area contributed by atoms with Crippen LogP contribution in [0.25, 0.3) is 0 Å². The quantitative estimate of drug-likeness (QED) is 0.808. The highest BCUT2D eigenvalue weighted by atomic mass is 16.2. The van der Waals surface area contributed by atoms with Crippen molar-refractivity contribution in [3.05, 3.63) is 24.3 Å². The number of carbonyl (C=O) groups is 1. The van der Waals surface area contributed by atoms with Gasteiger partial charge in [-0.1, -0.05) is 19.9 Å². The van der Waals surface area contributed by atoms with Crippen LogP contribution < -0.4 is 11.1 Å². The van der Waals surface area contributed by atoms with E-state index in [0.717, 1.165) is 18.5 Å². The van der Waals surface area contributed by atoms with Gasteiger partial charge in [0.15, 0.2) is 0 Å². The molecule has 1 aliphatic carbocycles. The van der Waals surface area contributed by atoms with Crippen LogP contribution in [0.4, 0.5) is 16.2 Å². The van der Waals surface area contributed by atoms with Gasteiger partial charge in [-0.25, -0.2) is 4.79 Å². The molecular formula is C16H25N3O. The molecule has 0 saturated heterocycles. The van der Waals surface area contributed by atoms with Gasteiger partial charge >= 0.3 is 6.03 Å². The van der Waals surface area contributed by atoms with E-state index in [2.05, 4.69) is 19.2 Å². The lowest BCUT2D eigenvalue weighted by Crippen LogP contribution is -2.42. The molecule has 110 valence electrons. The van der Waals surface area contributed by atoms with Crippen molar-refractivity contribution in [3.63, 3.8) is 0 Å². The fourth-order valence-corrected chi connectivity index (χ4v) is 2.77. The van der Waals surface area contributed by atoms with Crippen molar-refractivity contribution in [2.45, 2.75) is 45.6 Å². The zero-order chi connectivity index (χ0) is 14.8. The van der Waals surface area contributed by atoms with Crippen molar-refractivity contribution < 1.29 is 4.79 Å². The number of urea groups is 1. The molecule has 1 aliphatic rings. The summed E-state index contributed by atoms with van der Waals surface area (Å²) in [7, 11) is 1.88. The van der Waals surface area contributed by atoms with E-state index in [4.69, 9.17) is 5.73 Å². The zero-order valence-corrected chi connectivity index (χ0v) is 12.6. The largest absolute Gasteiger partial charge is 0.399 e. The second-order valence-corrected chi connectivity index (χ2v) is 6.56. The second-order valence-electron chi connectivity index (χ2n) is 6.56. The van der Waals surface area contributed by atoms with E-state index in [9.17, 15) is 4.79 Å². The molecule has 0 spiro atoms. The molecule has 20 heavy (non-hydrogen) atoms. The minimum absolute atomic E-state index is 0.0553. The van der Waals surface area contributed by atoms with Gasteiger partial charge in [0.1, 0.15) is 0 Å². The lowest BCUT2D eigenvalue weighted by atomic mass is 9.75. The molecule has 1 fully saturated rings. The number of rotatable bonds is 2. The molecule has 4 heteroatoms. The molecular weight excluding hydrogens is 250 g/mol. The number of hydrogen-bond acceptors (Lipinski definition) is 2. The van der Waals surface area contributed by atoms with Crippen LogP contribution in [0.2, 0.25) is 0 Å². The minimum Gasteiger partial charge on any atom is -0.399 e. The number of nitrogens with zero attached hydrogens (tertiary/aromatic N) is 1. The highest BCUT2D eigenvalue weighted by Gasteiger charge is 2.30. The summed E-state index contributed by atoms with van der Waals surface area (Å²) in [6, 6.07) is 7.56. The third-order valence-electron chi connectivity index (χ3n) is 4.31. The lowest BCUT2D eigenvalue weighted by molar-refractivity contribution is 0.142. The van der Waals surface area contributed by atoms with Crippen molar-refractivity contribution in [1.29, 1.82) is 0 Å². The Morgan fingerprint density at radius 1 is 1.35 bits per heavy atom. The molecule has 0 atom stereocenters. The minimum atomic E-state index is -0.0553. The molecule has 0 bridgehead atoms. The Hall–Kier alpha value is -1.71. The zero-order valence-electron chi connectivity index (χ0n) is 12.6. The third kappa shape index (κ3) is 3.65. The number of amides is 2. The van der Waals surface area contributed by atoms with E-state index in [1.54, 1.807) is 6.07 Å². The number of carbonyl (C=O) groups excluding carboxylic acids is 1. The van der Waals surface area contributed by atoms with Crippen LogP contribution in [0.5, 0.6) is 0 Å². The standard InChI is InChI=1S/C16H25N3O/c1-16(2)9-7-14(8-10-16)19(3)15(20)18-13-6-4-5-12(17)11-13/h4-6,11,14H,7-10,17H2,1-3H3,(H,18,20). The Kier molecular flexibility index (Phi) is 4.21. The van der Waals surface area contributed by atoms with E-state index in [-0.39, 0.29) is 6.03 Å². The average molecular weight is 275 g/mol. The maximum Gasteiger partial charge on any atom is 0.321 e. The van der Waals surface area contributed by atoms with E-state index < -0.39 is 0 Å². The molecule has 0 heterocycles. The Bertz CT molecular complexity index is 474. The average Bonchev–Trinajstić information content (AvgIpc) is 2.38. The van der Waals surface area contributed by atoms with Gasteiger partial charge in [0.25, 0.3) is 0 Å². The van der Waals surface area contributed by atoms with Gasteiger partial charge in [-0.15, -0.1) is 0 Å². The number of anilines is 2. The SMILES string of the molecule is CN(C(=O)Nc1cccc(N)c1)C1CCC(C)(C)CC1. The van der Waals surface area contributed by atoms with Gasteiger partial charge in [-0.05, 0) is 49.3 Å². The first-order chi connectivity index (χ1) is 9.37. The lowest BCUT2D eigenvalue weighted by Gasteiger charge is -2.38. The first-order valence-electron chi connectivity index (χ1n) is 7.27. The number of benzene rings is 1. The number of nitrogen functional groups attached to an aromatic ring is 1. The van der Waals surface area contributed by atoms with Gasteiger partial charge in [0, 0.05) is 24.5 Å². The van der Waals surface area contributed by atoms with Crippen LogP contribution in [-0.4, -0.2) is 24.0 Å². The van der Waals surface area contributed by atoms with Gasteiger partial charge in [-0.3, -0.25) is 0 Å². The Morgan fingerprint density at radius 3 is 2.60 bits per heavy atom. The predicted octanol–water partition coefficient (Wildman–Crippen LogP) is 3.70. The highest BCUT2D eigenvalue weighted by Crippen LogP contribution is 2.36. The third-order valence-corrected chi connectivity index (χ3v) is 4.31. The molecule has 0 aromatic heterocycles. The Balaban J connectivity index is 1.92. The van der Waals surface area contributed by atoms with E-state index in [1.165, 1.54) is 12.8 Å². The van der Waals surface area contributed by atoms with Gasteiger partial charge < -0.3 is 16.0 Å². The van der Waals surface area contributed by atoms with Crippen molar-refractivity contribution in [3.8, 4) is 0 Å². The molecule has 1 saturated carbocycles. The van der Waals surface area contributed by atoms with Crippen LogP contribution in [-0.2, 0) is 0 Å². The van der Waals surface area contributed by atoms with Gasteiger partial charge in [0.2, 0.25) is 0 Å². The number of hydrogen-bond donors (Lipinski definition) is 2. The summed E-state index contributed by atoms with van der Waals surface area (Å²) in [6.07, 6.45) is 4.50. The molecule has 0 unspecified atom stereocenters. The number of nitrogens with two attached hydrogens (primary N) is 1. The second kappa shape index (κ2) is 5.73. The Morgan fingerprint density at radius 2 is 2.00 bits per heavy atom. The molecule has 2 rings (SSSR count). The molecule has 4 nitrogen and oxygen atoms in total. The van der Waals surface area contributed by atoms with Crippen molar-refractivity contribution in [2.75, 3.05) is 18.1 Å². The van der Waals surface area contributed by atoms with E-state index in [0.29, 0.717) is 17.1 Å². The summed E-state index contributed by atoms with van der Waals surface area (Å²) in [4.78, 5) is 14.1. The summed E-state index contributed by atoms with van der Waals surface area (Å²) in [5, 5.41) is 2.91. The van der Waals surface area contributed by atoms with E-state index >= 15 is 0 Å². The molecule has 1 aromatic carbocycles. The molecule has 1 aromatic rings. The normalized spacial score (nSPS) is 18.6. The smallest absolute Gasteiger partial charge is 0.321 e. The highest BCUT2D eigenvalue weighted by molar-refractivity contribution is 5.89. The topological polar surface area (TPSA) is 58.4 Å². The first kappa shape index (κ1) is 14.7. The monoisotopic (exact) mass is 275 g/mol. The summed E-state index contributed by atoms with van der Waals surface area (Å²) < 4.78 is 0. The summed E-state index contributed by atoms with van der Waals surface area (Å²) >= 11 is 0. The van der Waals surface area contributed by atoms with Crippen LogP contribution in [0.1, 0.15) is 39.5 Å².